The minimum atomic E-state index is -3.70. The summed E-state index contributed by atoms with van der Waals surface area (Å²) in [5, 5.41) is 8.59. The third-order valence-electron chi connectivity index (χ3n) is 1.24. The maximum Gasteiger partial charge on any atom is 0.262 e. The van der Waals surface area contributed by atoms with Gasteiger partial charge in [0, 0.05) is 16.9 Å². The zero-order valence-electron chi connectivity index (χ0n) is 5.94. The van der Waals surface area contributed by atoms with E-state index in [2.05, 4.69) is 4.98 Å². The van der Waals surface area contributed by atoms with E-state index in [1.165, 1.54) is 12.1 Å². The molecule has 0 saturated heterocycles. The van der Waals surface area contributed by atoms with Gasteiger partial charge in [-0.25, -0.2) is 8.42 Å². The third-order valence-corrected chi connectivity index (χ3v) is 2.58. The van der Waals surface area contributed by atoms with Crippen LogP contribution in [0.25, 0.3) is 0 Å². The zero-order chi connectivity index (χ0) is 9.19. The molecule has 0 spiro atoms. The van der Waals surface area contributed by atoms with E-state index in [0.717, 1.165) is 6.20 Å². The molecule has 1 heterocycles. The Hall–Kier alpha value is -0.650. The fraction of sp³-hybridized carbons (Fsp3) is 0.167. The summed E-state index contributed by atoms with van der Waals surface area (Å²) in [4.78, 5) is 3.58. The van der Waals surface area contributed by atoms with Gasteiger partial charge in [-0.1, -0.05) is 0 Å². The molecule has 0 atom stereocenters. The molecular weight excluding hydrogens is 202 g/mol. The molecule has 0 aliphatic heterocycles. The molecule has 6 heteroatoms. The largest absolute Gasteiger partial charge is 0.390 e. The molecule has 1 rings (SSSR count). The quantitative estimate of drug-likeness (QED) is 0.718. The van der Waals surface area contributed by atoms with Gasteiger partial charge in [0.15, 0.2) is 0 Å². The summed E-state index contributed by atoms with van der Waals surface area (Å²) in [5.74, 6) is 0. The second kappa shape index (κ2) is 3.38. The van der Waals surface area contributed by atoms with Crippen molar-refractivity contribution in [2.24, 2.45) is 0 Å². The highest BCUT2D eigenvalue weighted by molar-refractivity contribution is 8.13. The smallest absolute Gasteiger partial charge is 0.262 e. The summed E-state index contributed by atoms with van der Waals surface area (Å²) >= 11 is 0. The summed E-state index contributed by atoms with van der Waals surface area (Å²) in [7, 11) is 1.32. The maximum absolute atomic E-state index is 10.7. The van der Waals surface area contributed by atoms with Crippen molar-refractivity contribution in [1.82, 2.24) is 4.98 Å². The van der Waals surface area contributed by atoms with Crippen LogP contribution in [-0.4, -0.2) is 18.5 Å². The molecule has 0 amide bonds. The van der Waals surface area contributed by atoms with E-state index >= 15 is 0 Å². The second-order valence-corrected chi connectivity index (χ2v) is 4.65. The number of rotatable bonds is 2. The van der Waals surface area contributed by atoms with Crippen molar-refractivity contribution in [3.05, 3.63) is 24.0 Å². The number of aliphatic hydroxyl groups excluding tert-OH is 1. The Labute approximate surface area is 74.2 Å². The summed E-state index contributed by atoms with van der Waals surface area (Å²) in [6.45, 7) is -0.220. The van der Waals surface area contributed by atoms with Crippen molar-refractivity contribution in [3.63, 3.8) is 0 Å². The molecular formula is C6H6ClNO3S. The third kappa shape index (κ3) is 2.17. The van der Waals surface area contributed by atoms with Gasteiger partial charge in [-0.15, -0.1) is 0 Å². The van der Waals surface area contributed by atoms with Gasteiger partial charge in [0.25, 0.3) is 9.05 Å². The number of halogens is 1. The van der Waals surface area contributed by atoms with E-state index in [-0.39, 0.29) is 11.5 Å². The predicted molar refractivity (Wildman–Crippen MR) is 43.2 cm³/mol. The molecule has 1 N–H and O–H groups in total. The van der Waals surface area contributed by atoms with Crippen LogP contribution >= 0.6 is 10.7 Å². The van der Waals surface area contributed by atoms with Crippen LogP contribution in [0.5, 0.6) is 0 Å². The molecule has 0 aliphatic carbocycles. The van der Waals surface area contributed by atoms with Crippen LogP contribution in [0.2, 0.25) is 0 Å². The fourth-order valence-electron chi connectivity index (χ4n) is 0.649. The first-order valence-electron chi connectivity index (χ1n) is 3.04. The predicted octanol–water partition coefficient (Wildman–Crippen LogP) is 0.501. The highest BCUT2D eigenvalue weighted by Gasteiger charge is 2.09. The van der Waals surface area contributed by atoms with Crippen LogP contribution in [0.4, 0.5) is 0 Å². The monoisotopic (exact) mass is 207 g/mol. The van der Waals surface area contributed by atoms with Crippen molar-refractivity contribution in [1.29, 1.82) is 0 Å². The first-order chi connectivity index (χ1) is 5.54. The highest BCUT2D eigenvalue weighted by atomic mass is 35.7. The summed E-state index contributed by atoms with van der Waals surface area (Å²) in [6, 6.07) is 2.69. The standard InChI is InChI=1S/C6H6ClNO3S/c7-12(10,11)6-2-1-5(4-9)8-3-6/h1-3,9H,4H2. The SMILES string of the molecule is O=S(=O)(Cl)c1ccc(CO)nc1. The molecule has 0 bridgehead atoms. The van der Waals surface area contributed by atoms with Crippen LogP contribution in [0.15, 0.2) is 23.2 Å². The fourth-order valence-corrected chi connectivity index (χ4v) is 1.33. The van der Waals surface area contributed by atoms with Crippen molar-refractivity contribution < 1.29 is 13.5 Å². The topological polar surface area (TPSA) is 67.3 Å². The molecule has 1 aromatic rings. The lowest BCUT2D eigenvalue weighted by Crippen LogP contribution is -1.94. The molecule has 1 aromatic heterocycles. The summed E-state index contributed by atoms with van der Waals surface area (Å²) < 4.78 is 21.4. The number of nitrogens with zero attached hydrogens (tertiary/aromatic N) is 1. The molecule has 0 fully saturated rings. The van der Waals surface area contributed by atoms with Gasteiger partial charge in [0.1, 0.15) is 4.90 Å². The molecule has 0 aromatic carbocycles. The average molecular weight is 208 g/mol. The van der Waals surface area contributed by atoms with E-state index < -0.39 is 9.05 Å². The minimum absolute atomic E-state index is 0.0682. The highest BCUT2D eigenvalue weighted by Crippen LogP contribution is 2.12. The van der Waals surface area contributed by atoms with E-state index in [4.69, 9.17) is 15.8 Å². The Morgan fingerprint density at radius 2 is 2.17 bits per heavy atom. The number of aromatic nitrogens is 1. The lowest BCUT2D eigenvalue weighted by Gasteiger charge is -1.96. The number of aliphatic hydroxyl groups is 1. The molecule has 0 radical (unpaired) electrons. The Morgan fingerprint density at radius 1 is 1.50 bits per heavy atom. The van der Waals surface area contributed by atoms with Crippen LogP contribution < -0.4 is 0 Å². The van der Waals surface area contributed by atoms with Crippen LogP contribution in [0.1, 0.15) is 5.69 Å². The zero-order valence-corrected chi connectivity index (χ0v) is 7.51. The second-order valence-electron chi connectivity index (χ2n) is 2.08. The average Bonchev–Trinajstić information content (AvgIpc) is 2.03. The van der Waals surface area contributed by atoms with Crippen molar-refractivity contribution in [3.8, 4) is 0 Å². The Morgan fingerprint density at radius 3 is 2.50 bits per heavy atom. The number of hydrogen-bond donors (Lipinski definition) is 1. The van der Waals surface area contributed by atoms with E-state index in [0.29, 0.717) is 5.69 Å². The normalized spacial score (nSPS) is 11.5. The lowest BCUT2D eigenvalue weighted by atomic mass is 10.4. The van der Waals surface area contributed by atoms with Gasteiger partial charge in [-0.05, 0) is 12.1 Å². The van der Waals surface area contributed by atoms with Gasteiger partial charge >= 0.3 is 0 Å². The molecule has 66 valence electrons. The van der Waals surface area contributed by atoms with E-state index in [1.54, 1.807) is 0 Å². The van der Waals surface area contributed by atoms with E-state index in [1.807, 2.05) is 0 Å². The first kappa shape index (κ1) is 9.44. The first-order valence-corrected chi connectivity index (χ1v) is 5.35. The Kier molecular flexibility index (Phi) is 2.66. The number of hydrogen-bond acceptors (Lipinski definition) is 4. The summed E-state index contributed by atoms with van der Waals surface area (Å²) in [6.07, 6.45) is 1.11. The van der Waals surface area contributed by atoms with Gasteiger partial charge in [-0.3, -0.25) is 4.98 Å². The van der Waals surface area contributed by atoms with E-state index in [9.17, 15) is 8.42 Å². The van der Waals surface area contributed by atoms with Gasteiger partial charge in [-0.2, -0.15) is 0 Å². The molecule has 12 heavy (non-hydrogen) atoms. The van der Waals surface area contributed by atoms with Crippen molar-refractivity contribution in [2.45, 2.75) is 11.5 Å². The van der Waals surface area contributed by atoms with Crippen LogP contribution in [0, 0.1) is 0 Å². The molecule has 0 aliphatic rings. The Balaban J connectivity index is 3.09. The number of pyridine rings is 1. The summed E-state index contributed by atoms with van der Waals surface area (Å²) in [5.41, 5.74) is 0.402. The van der Waals surface area contributed by atoms with Crippen LogP contribution in [0.3, 0.4) is 0 Å². The molecule has 0 unspecified atom stereocenters. The van der Waals surface area contributed by atoms with Crippen LogP contribution in [-0.2, 0) is 15.7 Å². The maximum atomic E-state index is 10.7. The Bertz CT molecular complexity index is 359. The molecule has 0 saturated carbocycles. The van der Waals surface area contributed by atoms with Crippen molar-refractivity contribution >= 4 is 19.7 Å². The van der Waals surface area contributed by atoms with Gasteiger partial charge in [0.2, 0.25) is 0 Å². The van der Waals surface area contributed by atoms with Gasteiger partial charge < -0.3 is 5.11 Å². The van der Waals surface area contributed by atoms with Gasteiger partial charge in [0.05, 0.1) is 12.3 Å². The molecule has 4 nitrogen and oxygen atoms in total. The van der Waals surface area contributed by atoms with Crippen molar-refractivity contribution in [2.75, 3.05) is 0 Å². The minimum Gasteiger partial charge on any atom is -0.390 e. The lowest BCUT2D eigenvalue weighted by molar-refractivity contribution is 0.276.